The van der Waals surface area contributed by atoms with Gasteiger partial charge >= 0.3 is 0 Å². The molecule has 0 amide bonds. The molecule has 2 aromatic carbocycles. The molecule has 0 spiro atoms. The van der Waals surface area contributed by atoms with Gasteiger partial charge in [0.25, 0.3) is 0 Å². The molecule has 0 unspecified atom stereocenters. The van der Waals surface area contributed by atoms with Gasteiger partial charge in [-0.3, -0.25) is 4.90 Å². The lowest BCUT2D eigenvalue weighted by atomic mass is 9.87. The van der Waals surface area contributed by atoms with E-state index >= 15 is 0 Å². The molecule has 5 atom stereocenters. The van der Waals surface area contributed by atoms with Crippen LogP contribution in [0.4, 0.5) is 0 Å². The fourth-order valence-corrected chi connectivity index (χ4v) is 5.19. The minimum absolute atomic E-state index is 0.0680. The van der Waals surface area contributed by atoms with Gasteiger partial charge in [0.05, 0.1) is 31.9 Å². The van der Waals surface area contributed by atoms with Crippen LogP contribution in [0.1, 0.15) is 64.5 Å². The average Bonchev–Trinajstić information content (AvgIpc) is 3.44. The van der Waals surface area contributed by atoms with Crippen LogP contribution in [-0.2, 0) is 22.7 Å². The Morgan fingerprint density at radius 1 is 1.10 bits per heavy atom. The van der Waals surface area contributed by atoms with Gasteiger partial charge in [0.2, 0.25) is 0 Å². The maximum atomic E-state index is 11.4. The molecule has 1 aliphatic heterocycles. The van der Waals surface area contributed by atoms with Gasteiger partial charge in [0.1, 0.15) is 11.7 Å². The smallest absolute Gasteiger partial charge is 0.144 e. The molecule has 0 aromatic heterocycles. The third kappa shape index (κ3) is 9.06. The Bertz CT molecular complexity index is 1130. The van der Waals surface area contributed by atoms with E-state index in [1.807, 2.05) is 55.5 Å². The largest absolute Gasteiger partial charge is 0.377 e. The second kappa shape index (κ2) is 15.6. The van der Waals surface area contributed by atoms with E-state index in [9.17, 15) is 10.4 Å². The van der Waals surface area contributed by atoms with Gasteiger partial charge in [0.15, 0.2) is 0 Å². The van der Waals surface area contributed by atoms with E-state index in [0.717, 1.165) is 37.8 Å². The zero-order valence-electron chi connectivity index (χ0n) is 24.0. The first-order chi connectivity index (χ1) is 18.9. The molecule has 1 heterocycles. The summed E-state index contributed by atoms with van der Waals surface area (Å²) in [4.78, 5) is 2.12. The van der Waals surface area contributed by atoms with Crippen LogP contribution < -0.4 is 0 Å². The van der Waals surface area contributed by atoms with E-state index in [0.29, 0.717) is 19.8 Å². The summed E-state index contributed by atoms with van der Waals surface area (Å²) >= 11 is 0. The second-order valence-corrected chi connectivity index (χ2v) is 10.7. The first-order valence-electron chi connectivity index (χ1n) is 14.2. The van der Waals surface area contributed by atoms with Crippen LogP contribution in [0.15, 0.2) is 72.3 Å². The first kappa shape index (κ1) is 30.6. The molecule has 0 saturated carbocycles. The van der Waals surface area contributed by atoms with Crippen LogP contribution >= 0.6 is 0 Å². The Hall–Kier alpha value is -2.93. The second-order valence-electron chi connectivity index (χ2n) is 10.7. The van der Waals surface area contributed by atoms with Gasteiger partial charge in [-0.15, -0.1) is 0 Å². The molecule has 39 heavy (non-hydrogen) atoms. The topological polar surface area (TPSA) is 65.7 Å². The standard InChI is InChI=1S/C34H44N2O3/c1-5-31(38-25-29-13-8-6-9-14-29)28(3)20-18-27(2)19-21-33(37)34(4,32-17-12-23-36(32)24-22-35)39-26-30-15-10-7-11-16-30/h6-11,13-16,20,27,31-33,37H,5,12,17-18,23-26H2,1-4H3/b28-20+/t27-,31+,32+,33-,34-/m1/s1. The monoisotopic (exact) mass is 528 g/mol. The number of nitriles is 1. The van der Waals surface area contributed by atoms with Crippen molar-refractivity contribution in [2.24, 2.45) is 5.92 Å². The molecule has 1 fully saturated rings. The van der Waals surface area contributed by atoms with E-state index in [-0.39, 0.29) is 18.1 Å². The molecule has 208 valence electrons. The van der Waals surface area contributed by atoms with Crippen molar-refractivity contribution >= 4 is 0 Å². The fraction of sp³-hybridized carbons (Fsp3) is 0.500. The van der Waals surface area contributed by atoms with Crippen LogP contribution in [0.5, 0.6) is 0 Å². The summed E-state index contributed by atoms with van der Waals surface area (Å²) in [5, 5.41) is 20.7. The highest BCUT2D eigenvalue weighted by Crippen LogP contribution is 2.33. The number of rotatable bonds is 13. The molecular formula is C34H44N2O3. The van der Waals surface area contributed by atoms with Gasteiger partial charge in [-0.1, -0.05) is 92.4 Å². The van der Waals surface area contributed by atoms with Gasteiger partial charge in [-0.25, -0.2) is 0 Å². The predicted octanol–water partition coefficient (Wildman–Crippen LogP) is 6.28. The maximum absolute atomic E-state index is 11.4. The van der Waals surface area contributed by atoms with Crippen LogP contribution in [0.3, 0.4) is 0 Å². The van der Waals surface area contributed by atoms with Gasteiger partial charge < -0.3 is 14.6 Å². The molecule has 5 nitrogen and oxygen atoms in total. The number of aliphatic hydroxyl groups is 1. The Kier molecular flexibility index (Phi) is 12.2. The van der Waals surface area contributed by atoms with Crippen LogP contribution in [0.2, 0.25) is 0 Å². The zero-order chi connectivity index (χ0) is 28.1. The van der Waals surface area contributed by atoms with Crippen molar-refractivity contribution in [1.82, 2.24) is 4.90 Å². The van der Waals surface area contributed by atoms with Crippen molar-refractivity contribution in [1.29, 1.82) is 5.26 Å². The molecule has 1 N–H and O–H groups in total. The summed E-state index contributed by atoms with van der Waals surface area (Å²) in [6, 6.07) is 22.4. The maximum Gasteiger partial charge on any atom is 0.144 e. The van der Waals surface area contributed by atoms with Crippen molar-refractivity contribution in [2.45, 2.75) is 90.4 Å². The van der Waals surface area contributed by atoms with Crippen molar-refractivity contribution in [3.05, 3.63) is 83.4 Å². The highest BCUT2D eigenvalue weighted by molar-refractivity contribution is 5.19. The lowest BCUT2D eigenvalue weighted by Crippen LogP contribution is -2.56. The Morgan fingerprint density at radius 3 is 2.36 bits per heavy atom. The van der Waals surface area contributed by atoms with Crippen LogP contribution in [0, 0.1) is 29.1 Å². The Morgan fingerprint density at radius 2 is 1.74 bits per heavy atom. The molecule has 2 aromatic rings. The first-order valence-corrected chi connectivity index (χ1v) is 14.2. The normalized spacial score (nSPS) is 19.8. The molecule has 5 heteroatoms. The summed E-state index contributed by atoms with van der Waals surface area (Å²) in [7, 11) is 0. The molecule has 0 bridgehead atoms. The number of benzene rings is 2. The molecule has 1 aliphatic rings. The van der Waals surface area contributed by atoms with Crippen molar-refractivity contribution in [3.8, 4) is 17.9 Å². The van der Waals surface area contributed by atoms with Gasteiger partial charge in [0, 0.05) is 12.0 Å². The lowest BCUT2D eigenvalue weighted by molar-refractivity contribution is -0.137. The summed E-state index contributed by atoms with van der Waals surface area (Å²) in [5.41, 5.74) is 2.50. The predicted molar refractivity (Wildman–Crippen MR) is 156 cm³/mol. The fourth-order valence-electron chi connectivity index (χ4n) is 5.19. The van der Waals surface area contributed by atoms with Gasteiger partial charge in [-0.2, -0.15) is 5.26 Å². The Balaban J connectivity index is 1.66. The van der Waals surface area contributed by atoms with Crippen LogP contribution in [0.25, 0.3) is 0 Å². The van der Waals surface area contributed by atoms with Crippen molar-refractivity contribution in [3.63, 3.8) is 0 Å². The number of allylic oxidation sites excluding steroid dienone is 1. The third-order valence-corrected chi connectivity index (χ3v) is 7.67. The van der Waals surface area contributed by atoms with E-state index in [1.54, 1.807) is 0 Å². The number of ether oxygens (including phenoxy) is 2. The molecule has 3 rings (SSSR count). The van der Waals surface area contributed by atoms with Crippen molar-refractivity contribution in [2.75, 3.05) is 13.1 Å². The highest BCUT2D eigenvalue weighted by Gasteiger charge is 2.46. The van der Waals surface area contributed by atoms with Crippen molar-refractivity contribution < 1.29 is 14.6 Å². The molecule has 0 radical (unpaired) electrons. The van der Waals surface area contributed by atoms with Gasteiger partial charge in [-0.05, 0) is 62.8 Å². The summed E-state index contributed by atoms with van der Waals surface area (Å²) in [6.07, 6.45) is 4.83. The van der Waals surface area contributed by atoms with E-state index in [2.05, 4.69) is 61.8 Å². The highest BCUT2D eigenvalue weighted by atomic mass is 16.5. The van der Waals surface area contributed by atoms with Crippen LogP contribution in [-0.4, -0.2) is 46.9 Å². The van der Waals surface area contributed by atoms with E-state index in [4.69, 9.17) is 9.47 Å². The molecule has 1 saturated heterocycles. The molecule has 0 aliphatic carbocycles. The molecular weight excluding hydrogens is 484 g/mol. The lowest BCUT2D eigenvalue weighted by Gasteiger charge is -2.41. The quantitative estimate of drug-likeness (QED) is 0.188. The number of hydrogen-bond donors (Lipinski definition) is 1. The number of nitrogens with zero attached hydrogens (tertiary/aromatic N) is 2. The third-order valence-electron chi connectivity index (χ3n) is 7.67. The zero-order valence-corrected chi connectivity index (χ0v) is 24.0. The number of likely N-dealkylation sites (tertiary alicyclic amines) is 1. The summed E-state index contributed by atoms with van der Waals surface area (Å²) in [5.74, 6) is 6.47. The number of aliphatic hydroxyl groups excluding tert-OH is 1. The minimum Gasteiger partial charge on any atom is -0.377 e. The average molecular weight is 529 g/mol. The van der Waals surface area contributed by atoms with E-state index in [1.165, 1.54) is 11.1 Å². The SMILES string of the molecule is CC[C@H](OCc1ccccc1)/C(C)=C/C[C@@H](C)C#C[C@@H](O)[C@](C)(OCc1ccccc1)[C@@H]1CCCN1CC#N. The summed E-state index contributed by atoms with van der Waals surface area (Å²) < 4.78 is 12.6. The minimum atomic E-state index is -0.976. The Labute approximate surface area is 235 Å². The number of hydrogen-bond acceptors (Lipinski definition) is 5. The van der Waals surface area contributed by atoms with E-state index < -0.39 is 11.7 Å². The summed E-state index contributed by atoms with van der Waals surface area (Å²) in [6.45, 7) is 10.4.